The second kappa shape index (κ2) is 8.90. The van der Waals surface area contributed by atoms with E-state index in [1.54, 1.807) is 6.20 Å². The molecule has 5 rings (SSSR count). The molecule has 0 atom stereocenters. The summed E-state index contributed by atoms with van der Waals surface area (Å²) < 4.78 is 15.1. The first-order valence-corrected chi connectivity index (χ1v) is 11.5. The summed E-state index contributed by atoms with van der Waals surface area (Å²) in [5.41, 5.74) is 5.36. The van der Waals surface area contributed by atoms with Crippen LogP contribution < -0.4 is 10.2 Å². The number of benzene rings is 1. The van der Waals surface area contributed by atoms with Gasteiger partial charge in [-0.2, -0.15) is 0 Å². The zero-order valence-electron chi connectivity index (χ0n) is 19.4. The standard InChI is InChI=1S/C26H29FN6/c1-4-18-13-19-5-6-21(23(27)24(19)30-15-18)16-32-9-11-33(12-10-32)22-14-20-7-8-29-26(28-3)25(20)31-17(22)2/h5-8,13-15H,4,9-12,16H2,1-3H3,(H,28,29). The molecule has 0 aliphatic carbocycles. The van der Waals surface area contributed by atoms with E-state index >= 15 is 4.39 Å². The van der Waals surface area contributed by atoms with Crippen LogP contribution in [0.1, 0.15) is 23.7 Å². The molecule has 0 bridgehead atoms. The Morgan fingerprint density at radius 3 is 2.55 bits per heavy atom. The van der Waals surface area contributed by atoms with Crippen LogP contribution in [0.4, 0.5) is 15.9 Å². The minimum absolute atomic E-state index is 0.193. The van der Waals surface area contributed by atoms with E-state index in [2.05, 4.69) is 45.0 Å². The van der Waals surface area contributed by atoms with Crippen molar-refractivity contribution in [3.63, 3.8) is 0 Å². The largest absolute Gasteiger partial charge is 0.371 e. The quantitative estimate of drug-likeness (QED) is 0.487. The molecule has 0 saturated carbocycles. The highest BCUT2D eigenvalue weighted by Gasteiger charge is 2.21. The first-order chi connectivity index (χ1) is 16.1. The molecule has 0 unspecified atom stereocenters. The Bertz CT molecular complexity index is 1310. The third-order valence-corrected chi connectivity index (χ3v) is 6.58. The molecule has 1 saturated heterocycles. The summed E-state index contributed by atoms with van der Waals surface area (Å²) in [7, 11) is 1.86. The third-order valence-electron chi connectivity index (χ3n) is 6.58. The van der Waals surface area contributed by atoms with Crippen LogP contribution in [0.15, 0.2) is 42.7 Å². The van der Waals surface area contributed by atoms with Gasteiger partial charge in [-0.1, -0.05) is 19.1 Å². The van der Waals surface area contributed by atoms with Crippen molar-refractivity contribution in [1.82, 2.24) is 19.9 Å². The highest BCUT2D eigenvalue weighted by atomic mass is 19.1. The number of anilines is 2. The van der Waals surface area contributed by atoms with Crippen molar-refractivity contribution in [3.05, 3.63) is 65.4 Å². The summed E-state index contributed by atoms with van der Waals surface area (Å²) in [6.07, 6.45) is 4.49. The molecule has 33 heavy (non-hydrogen) atoms. The number of hydrogen-bond donors (Lipinski definition) is 1. The van der Waals surface area contributed by atoms with Gasteiger partial charge in [-0.15, -0.1) is 0 Å². The monoisotopic (exact) mass is 444 g/mol. The van der Waals surface area contributed by atoms with E-state index in [9.17, 15) is 0 Å². The summed E-state index contributed by atoms with van der Waals surface area (Å²) in [4.78, 5) is 18.3. The zero-order chi connectivity index (χ0) is 22.9. The fourth-order valence-corrected chi connectivity index (χ4v) is 4.64. The first-order valence-electron chi connectivity index (χ1n) is 11.5. The Morgan fingerprint density at radius 2 is 1.79 bits per heavy atom. The van der Waals surface area contributed by atoms with E-state index in [0.717, 1.165) is 71.7 Å². The van der Waals surface area contributed by atoms with Gasteiger partial charge in [0.2, 0.25) is 0 Å². The molecule has 4 heterocycles. The number of rotatable bonds is 5. The van der Waals surface area contributed by atoms with E-state index in [1.807, 2.05) is 37.5 Å². The fourth-order valence-electron chi connectivity index (χ4n) is 4.64. The Balaban J connectivity index is 1.31. The molecule has 0 radical (unpaired) electrons. The molecule has 0 spiro atoms. The van der Waals surface area contributed by atoms with Crippen LogP contribution in [-0.4, -0.2) is 53.1 Å². The van der Waals surface area contributed by atoms with Crippen LogP contribution >= 0.6 is 0 Å². The Hall–Kier alpha value is -3.32. The van der Waals surface area contributed by atoms with Gasteiger partial charge in [0.05, 0.1) is 11.4 Å². The van der Waals surface area contributed by atoms with Crippen LogP contribution in [0.5, 0.6) is 0 Å². The van der Waals surface area contributed by atoms with Crippen LogP contribution in [0.3, 0.4) is 0 Å². The maximum Gasteiger partial charge on any atom is 0.153 e. The number of nitrogens with one attached hydrogen (secondary N) is 1. The summed E-state index contributed by atoms with van der Waals surface area (Å²) in [6, 6.07) is 10.1. The lowest BCUT2D eigenvalue weighted by atomic mass is 10.1. The Morgan fingerprint density at radius 1 is 1.00 bits per heavy atom. The van der Waals surface area contributed by atoms with E-state index in [-0.39, 0.29) is 5.82 Å². The van der Waals surface area contributed by atoms with Gasteiger partial charge in [-0.05, 0) is 37.1 Å². The second-order valence-corrected chi connectivity index (χ2v) is 8.64. The molecule has 6 nitrogen and oxygen atoms in total. The predicted molar refractivity (Wildman–Crippen MR) is 132 cm³/mol. The molecule has 3 aromatic heterocycles. The Kier molecular flexibility index (Phi) is 5.81. The van der Waals surface area contributed by atoms with Gasteiger partial charge in [0.15, 0.2) is 11.6 Å². The average Bonchev–Trinajstić information content (AvgIpc) is 2.85. The number of piperazine rings is 1. The van der Waals surface area contributed by atoms with Crippen molar-refractivity contribution in [2.75, 3.05) is 43.4 Å². The van der Waals surface area contributed by atoms with Gasteiger partial charge < -0.3 is 10.2 Å². The number of hydrogen-bond acceptors (Lipinski definition) is 6. The maximum atomic E-state index is 15.1. The number of nitrogens with zero attached hydrogens (tertiary/aromatic N) is 5. The molecular formula is C26H29FN6. The van der Waals surface area contributed by atoms with Gasteiger partial charge in [-0.3, -0.25) is 9.88 Å². The first kappa shape index (κ1) is 21.5. The van der Waals surface area contributed by atoms with Crippen LogP contribution in [-0.2, 0) is 13.0 Å². The minimum Gasteiger partial charge on any atom is -0.371 e. The predicted octanol–water partition coefficient (Wildman–Crippen LogP) is 4.55. The fraction of sp³-hybridized carbons (Fsp3) is 0.346. The molecule has 170 valence electrons. The highest BCUT2D eigenvalue weighted by molar-refractivity contribution is 5.90. The second-order valence-electron chi connectivity index (χ2n) is 8.64. The molecule has 1 fully saturated rings. The Labute approximate surface area is 193 Å². The van der Waals surface area contributed by atoms with Gasteiger partial charge >= 0.3 is 0 Å². The zero-order valence-corrected chi connectivity index (χ0v) is 19.4. The maximum absolute atomic E-state index is 15.1. The third kappa shape index (κ3) is 4.09. The smallest absolute Gasteiger partial charge is 0.153 e. The summed E-state index contributed by atoms with van der Waals surface area (Å²) in [5, 5.41) is 5.07. The van der Waals surface area contributed by atoms with Crippen molar-refractivity contribution in [2.24, 2.45) is 0 Å². The number of aromatic nitrogens is 3. The number of halogens is 1. The lowest BCUT2D eigenvalue weighted by molar-refractivity contribution is 0.247. The molecule has 1 aliphatic rings. The molecule has 4 aromatic rings. The lowest BCUT2D eigenvalue weighted by Crippen LogP contribution is -2.46. The number of pyridine rings is 3. The normalized spacial score (nSPS) is 14.8. The summed E-state index contributed by atoms with van der Waals surface area (Å²) in [5.74, 6) is 0.603. The summed E-state index contributed by atoms with van der Waals surface area (Å²) >= 11 is 0. The molecule has 1 N–H and O–H groups in total. The molecule has 7 heteroatoms. The van der Waals surface area contributed by atoms with Crippen LogP contribution in [0, 0.1) is 12.7 Å². The highest BCUT2D eigenvalue weighted by Crippen LogP contribution is 2.28. The number of aryl methyl sites for hydroxylation is 2. The van der Waals surface area contributed by atoms with Gasteiger partial charge in [-0.25, -0.2) is 14.4 Å². The topological polar surface area (TPSA) is 57.2 Å². The van der Waals surface area contributed by atoms with Crippen molar-refractivity contribution in [3.8, 4) is 0 Å². The van der Waals surface area contributed by atoms with Gasteiger partial charge in [0, 0.05) is 68.5 Å². The van der Waals surface area contributed by atoms with Gasteiger partial charge in [0.25, 0.3) is 0 Å². The molecule has 1 aromatic carbocycles. The van der Waals surface area contributed by atoms with Gasteiger partial charge in [0.1, 0.15) is 11.0 Å². The SMILES string of the molecule is CCc1cnc2c(F)c(CN3CCN(c4cc5ccnc(NC)c5nc4C)CC3)ccc2c1. The van der Waals surface area contributed by atoms with E-state index < -0.39 is 0 Å². The van der Waals surface area contributed by atoms with Crippen molar-refractivity contribution >= 4 is 33.3 Å². The van der Waals surface area contributed by atoms with E-state index in [0.29, 0.717) is 17.6 Å². The van der Waals surface area contributed by atoms with Crippen LogP contribution in [0.2, 0.25) is 0 Å². The molecule has 1 aliphatic heterocycles. The van der Waals surface area contributed by atoms with E-state index in [4.69, 9.17) is 4.98 Å². The van der Waals surface area contributed by atoms with Crippen molar-refractivity contribution in [1.29, 1.82) is 0 Å². The van der Waals surface area contributed by atoms with E-state index in [1.165, 1.54) is 0 Å². The summed E-state index contributed by atoms with van der Waals surface area (Å²) in [6.45, 7) is 8.23. The van der Waals surface area contributed by atoms with Crippen molar-refractivity contribution < 1.29 is 4.39 Å². The molecule has 0 amide bonds. The minimum atomic E-state index is -0.193. The number of fused-ring (bicyclic) bond motifs is 2. The van der Waals surface area contributed by atoms with Crippen LogP contribution in [0.25, 0.3) is 21.8 Å². The van der Waals surface area contributed by atoms with Crippen molar-refractivity contribution in [2.45, 2.75) is 26.8 Å². The molecular weight excluding hydrogens is 415 g/mol. The average molecular weight is 445 g/mol. The lowest BCUT2D eigenvalue weighted by Gasteiger charge is -2.36.